The third-order valence-corrected chi connectivity index (χ3v) is 9.33. The highest BCUT2D eigenvalue weighted by Crippen LogP contribution is 2.46. The predicted molar refractivity (Wildman–Crippen MR) is 167 cm³/mol. The molecule has 1 unspecified atom stereocenters. The Morgan fingerprint density at radius 2 is 1.64 bits per heavy atom. The van der Waals surface area contributed by atoms with Crippen molar-refractivity contribution in [3.63, 3.8) is 0 Å². The molecule has 0 aliphatic carbocycles. The van der Waals surface area contributed by atoms with Crippen LogP contribution in [0.1, 0.15) is 51.3 Å². The van der Waals surface area contributed by atoms with Crippen LogP contribution in [0.3, 0.4) is 0 Å². The van der Waals surface area contributed by atoms with Crippen molar-refractivity contribution in [2.75, 3.05) is 18.5 Å². The molecular weight excluding hydrogens is 705 g/mol. The number of carbonyl (C=O) groups excluding carboxylic acids is 3. The van der Waals surface area contributed by atoms with Gasteiger partial charge < -0.3 is 38.8 Å². The van der Waals surface area contributed by atoms with Gasteiger partial charge in [-0.1, -0.05) is 60.7 Å². The normalized spacial score (nSPS) is 20.9. The van der Waals surface area contributed by atoms with Crippen molar-refractivity contribution >= 4 is 41.2 Å². The number of halogens is 1. The lowest BCUT2D eigenvalue weighted by molar-refractivity contribution is -0.757. The molecule has 1 aromatic heterocycles. The first-order valence-corrected chi connectivity index (χ1v) is 15.8. The Hall–Kier alpha value is -3.52. The quantitative estimate of drug-likeness (QED) is 0.176. The van der Waals surface area contributed by atoms with Gasteiger partial charge in [0.05, 0.1) is 25.0 Å². The van der Waals surface area contributed by atoms with Crippen LogP contribution in [0.4, 0.5) is 10.6 Å². The van der Waals surface area contributed by atoms with E-state index in [0.717, 1.165) is 36.5 Å². The molecule has 2 aromatic carbocycles. The molecule has 3 aliphatic heterocycles. The second-order valence-electron chi connectivity index (χ2n) is 12.3. The minimum absolute atomic E-state index is 0. The van der Waals surface area contributed by atoms with E-state index in [0.29, 0.717) is 5.70 Å². The fraction of sp³-hybridized carbons (Fsp3) is 0.394. The molecule has 3 aliphatic rings. The first-order chi connectivity index (χ1) is 21.0. The summed E-state index contributed by atoms with van der Waals surface area (Å²) < 4.78 is 15.9. The summed E-state index contributed by atoms with van der Waals surface area (Å²) in [5, 5.41) is 2.03. The number of anilines is 1. The molecule has 12 heteroatoms. The van der Waals surface area contributed by atoms with Crippen LogP contribution in [0.25, 0.3) is 5.70 Å². The third-order valence-electron chi connectivity index (χ3n) is 7.94. The van der Waals surface area contributed by atoms with Gasteiger partial charge in [-0.05, 0) is 38.8 Å². The SMILES string of the molecule is CC1S[C@@H]2[C@H](NC(=O)OC(C)(C)C)C(=O)N2C(C(=O)OC(c2ccccc2)c2ccccc2)=C1n1ccc2[n+]1CCCN2C.[I-]. The minimum Gasteiger partial charge on any atom is -1.00 e. The van der Waals surface area contributed by atoms with Gasteiger partial charge in [0.1, 0.15) is 29.3 Å². The lowest BCUT2D eigenvalue weighted by Crippen LogP contribution is -3.00. The summed E-state index contributed by atoms with van der Waals surface area (Å²) in [5.41, 5.74) is 1.77. The molecule has 2 amide bonds. The number of ether oxygens (including phenoxy) is 2. The zero-order valence-electron chi connectivity index (χ0n) is 26.0. The Balaban J connectivity index is 0.00000400. The lowest BCUT2D eigenvalue weighted by Gasteiger charge is -2.51. The van der Waals surface area contributed by atoms with Gasteiger partial charge in [0.15, 0.2) is 11.8 Å². The molecule has 0 radical (unpaired) electrons. The maximum Gasteiger partial charge on any atom is 0.408 e. The maximum absolute atomic E-state index is 14.5. The second kappa shape index (κ2) is 13.1. The maximum atomic E-state index is 14.5. The van der Waals surface area contributed by atoms with Crippen LogP contribution in [-0.4, -0.2) is 63.4 Å². The number of nitrogens with zero attached hydrogens (tertiary/aromatic N) is 4. The number of hydrogen-bond donors (Lipinski definition) is 1. The zero-order chi connectivity index (χ0) is 31.2. The largest absolute Gasteiger partial charge is 1.00 e. The van der Waals surface area contributed by atoms with Gasteiger partial charge in [0.25, 0.3) is 11.7 Å². The topological polar surface area (TPSA) is 97.0 Å². The number of β-lactam (4-membered cyclic amide) rings is 1. The van der Waals surface area contributed by atoms with E-state index >= 15 is 0 Å². The summed E-state index contributed by atoms with van der Waals surface area (Å²) >= 11 is 1.52. The van der Waals surface area contributed by atoms with Crippen LogP contribution in [0, 0.1) is 0 Å². The first kappa shape index (κ1) is 32.9. The van der Waals surface area contributed by atoms with Crippen LogP contribution in [-0.2, 0) is 25.6 Å². The van der Waals surface area contributed by atoms with E-state index in [-0.39, 0.29) is 40.8 Å². The van der Waals surface area contributed by atoms with Gasteiger partial charge in [0.2, 0.25) is 0 Å². The Labute approximate surface area is 284 Å². The number of carbonyl (C=O) groups is 3. The molecule has 6 rings (SSSR count). The number of rotatable bonds is 6. The van der Waals surface area contributed by atoms with E-state index in [1.165, 1.54) is 16.7 Å². The molecule has 0 bridgehead atoms. The van der Waals surface area contributed by atoms with Crippen molar-refractivity contribution in [2.24, 2.45) is 0 Å². The minimum atomic E-state index is -0.835. The summed E-state index contributed by atoms with van der Waals surface area (Å²) in [6.45, 7) is 9.03. The number of esters is 1. The number of fused-ring (bicyclic) bond motifs is 2. The van der Waals surface area contributed by atoms with E-state index in [4.69, 9.17) is 9.47 Å². The zero-order valence-corrected chi connectivity index (χ0v) is 28.9. The molecule has 10 nitrogen and oxygen atoms in total. The molecule has 238 valence electrons. The third kappa shape index (κ3) is 6.44. The van der Waals surface area contributed by atoms with Crippen LogP contribution < -0.4 is 38.9 Å². The van der Waals surface area contributed by atoms with E-state index < -0.39 is 35.2 Å². The van der Waals surface area contributed by atoms with Crippen LogP contribution in [0.5, 0.6) is 0 Å². The molecule has 1 N–H and O–H groups in total. The second-order valence-corrected chi connectivity index (χ2v) is 13.7. The van der Waals surface area contributed by atoms with Crippen LogP contribution >= 0.6 is 11.8 Å². The highest BCUT2D eigenvalue weighted by molar-refractivity contribution is 8.01. The summed E-state index contributed by atoms with van der Waals surface area (Å²) in [4.78, 5) is 44.6. The van der Waals surface area contributed by atoms with Gasteiger partial charge in [-0.15, -0.1) is 11.8 Å². The molecule has 1 saturated heterocycles. The summed E-state index contributed by atoms with van der Waals surface area (Å²) in [7, 11) is 2.05. The molecule has 0 spiro atoms. The predicted octanol–water partition coefficient (Wildman–Crippen LogP) is 1.32. The van der Waals surface area contributed by atoms with Gasteiger partial charge in [-0.3, -0.25) is 14.6 Å². The van der Waals surface area contributed by atoms with Crippen molar-refractivity contribution in [1.82, 2.24) is 14.9 Å². The number of hydrogen-bond acceptors (Lipinski definition) is 7. The van der Waals surface area contributed by atoms with Gasteiger partial charge in [-0.2, -0.15) is 9.36 Å². The Kier molecular flexibility index (Phi) is 9.54. The van der Waals surface area contributed by atoms with E-state index in [1.54, 1.807) is 20.8 Å². The highest BCUT2D eigenvalue weighted by Gasteiger charge is 2.57. The number of benzene rings is 2. The fourth-order valence-corrected chi connectivity index (χ4v) is 7.43. The van der Waals surface area contributed by atoms with Gasteiger partial charge in [0, 0.05) is 12.5 Å². The molecule has 4 heterocycles. The molecule has 3 atom stereocenters. The molecular formula is C33H38IN5O5S. The first-order valence-electron chi connectivity index (χ1n) is 14.9. The van der Waals surface area contributed by atoms with Gasteiger partial charge in [-0.25, -0.2) is 9.59 Å². The Morgan fingerprint density at radius 1 is 1.02 bits per heavy atom. The van der Waals surface area contributed by atoms with Gasteiger partial charge >= 0.3 is 12.1 Å². The highest BCUT2D eigenvalue weighted by atomic mass is 127. The number of alkyl carbamates (subject to hydrolysis) is 1. The molecule has 1 fully saturated rings. The van der Waals surface area contributed by atoms with Crippen molar-refractivity contribution in [2.45, 2.75) is 69.0 Å². The van der Waals surface area contributed by atoms with Crippen molar-refractivity contribution in [1.29, 1.82) is 0 Å². The average molecular weight is 744 g/mol. The summed E-state index contributed by atoms with van der Waals surface area (Å²) in [6.07, 6.45) is 1.54. The number of thioether (sulfide) groups is 1. The number of nitrogens with one attached hydrogen (secondary N) is 1. The Morgan fingerprint density at radius 3 is 2.24 bits per heavy atom. The molecule has 45 heavy (non-hydrogen) atoms. The lowest BCUT2D eigenvalue weighted by atomic mass is 10.0. The van der Waals surface area contributed by atoms with Crippen LogP contribution in [0.2, 0.25) is 0 Å². The number of aromatic nitrogens is 2. The molecule has 0 saturated carbocycles. The van der Waals surface area contributed by atoms with E-state index in [1.807, 2.05) is 91.6 Å². The Bertz CT molecular complexity index is 1570. The van der Waals surface area contributed by atoms with Crippen LogP contribution in [0.15, 0.2) is 78.6 Å². The standard InChI is InChI=1S/C33H37N5O5S.HI/c1-21-26(37-20-17-24-35(5)18-12-19-36(24)37)27(38-29(39)25(30(38)44-21)34-32(41)43-33(2,3)4)31(40)42-28(22-13-8-6-9-14-22)23-15-10-7-11-16-23;/h6-11,13-17,20-21,25,28,30H,12,18-19H2,1-5H3;1H/t21?,25-,30-;/m1./s1. The summed E-state index contributed by atoms with van der Waals surface area (Å²) in [6, 6.07) is 20.3. The average Bonchev–Trinajstić information content (AvgIpc) is 3.43. The smallest absolute Gasteiger partial charge is 0.408 e. The fourth-order valence-electron chi connectivity index (χ4n) is 5.99. The van der Waals surface area contributed by atoms with Crippen molar-refractivity contribution < 1.29 is 52.5 Å². The monoisotopic (exact) mass is 743 g/mol. The van der Waals surface area contributed by atoms with E-state index in [2.05, 4.69) is 14.9 Å². The summed E-state index contributed by atoms with van der Waals surface area (Å²) in [5.74, 6) is 0.0385. The van der Waals surface area contributed by atoms with E-state index in [9.17, 15) is 14.4 Å². The molecule has 3 aromatic rings. The van der Waals surface area contributed by atoms with Crippen molar-refractivity contribution in [3.05, 3.63) is 89.8 Å². The number of amides is 2. The van der Waals surface area contributed by atoms with Crippen molar-refractivity contribution in [3.8, 4) is 0 Å².